The smallest absolute Gasteiger partial charge is 0.410 e. The van der Waals surface area contributed by atoms with Crippen LogP contribution in [0.4, 0.5) is 31.6 Å². The van der Waals surface area contributed by atoms with Gasteiger partial charge >= 0.3 is 12.2 Å². The molecule has 0 radical (unpaired) electrons. The summed E-state index contributed by atoms with van der Waals surface area (Å²) in [6, 6.07) is 4.78. The van der Waals surface area contributed by atoms with E-state index in [2.05, 4.69) is 69.7 Å². The minimum atomic E-state index is -3.45. The van der Waals surface area contributed by atoms with Crippen molar-refractivity contribution >= 4 is 62.8 Å². The third kappa shape index (κ3) is 21.3. The third-order valence-electron chi connectivity index (χ3n) is 9.42. The van der Waals surface area contributed by atoms with Gasteiger partial charge in [-0.1, -0.05) is 30.1 Å². The number of carbonyl (C=O) groups excluding carboxylic acids is 2. The third-order valence-corrected chi connectivity index (χ3v) is 10.6. The zero-order valence-corrected chi connectivity index (χ0v) is 42.5. The molecule has 19 nitrogen and oxygen atoms in total. The molecule has 4 fully saturated rings. The number of likely N-dealkylation sites (tertiary alicyclic amines) is 2. The maximum atomic E-state index is 12.0. The highest BCUT2D eigenvalue weighted by Crippen LogP contribution is 2.23. The second kappa shape index (κ2) is 26.7. The van der Waals surface area contributed by atoms with Gasteiger partial charge < -0.3 is 49.0 Å². The minimum absolute atomic E-state index is 0.0866. The number of amides is 2. The normalized spacial score (nSPS) is 17.1. The number of rotatable bonds is 8. The van der Waals surface area contributed by atoms with Crippen molar-refractivity contribution in [3.05, 3.63) is 22.4 Å². The summed E-state index contributed by atoms with van der Waals surface area (Å²) in [5.74, 6) is 1.78. The quantitative estimate of drug-likeness (QED) is 0.241. The lowest BCUT2D eigenvalue weighted by Gasteiger charge is -2.40. The summed E-state index contributed by atoms with van der Waals surface area (Å²) in [5, 5.41) is 12.4. The van der Waals surface area contributed by atoms with Crippen LogP contribution in [0.3, 0.4) is 0 Å². The SMILES string of the molecule is CC(C)(C)OC(=O)N1CC(Nc2nc(Cl)cc(N3CCOCC3)n2)C1.CC(C)(C)OC(=O)N1CC(O)C1.CCN(C(C)C)C(C)C.CS(=O)(=O)c1nc(Cl)cc(N2CCOCC2)n1.[2H]CF. The van der Waals surface area contributed by atoms with Crippen molar-refractivity contribution in [3.63, 3.8) is 0 Å². The molecular formula is C42H73Cl2FN10O9S. The van der Waals surface area contributed by atoms with Crippen molar-refractivity contribution in [1.82, 2.24) is 34.6 Å². The second-order valence-corrected chi connectivity index (χ2v) is 20.6. The van der Waals surface area contributed by atoms with Crippen LogP contribution >= 0.6 is 23.2 Å². The van der Waals surface area contributed by atoms with Crippen LogP contribution in [-0.2, 0) is 28.8 Å². The summed E-state index contributed by atoms with van der Waals surface area (Å²) in [4.78, 5) is 49.3. The van der Waals surface area contributed by atoms with Crippen LogP contribution in [0, 0.1) is 0 Å². The number of alkyl halides is 1. The Morgan fingerprint density at radius 1 is 0.831 bits per heavy atom. The Hall–Kier alpha value is -3.60. The topological polar surface area (TPSA) is 205 Å². The summed E-state index contributed by atoms with van der Waals surface area (Å²) in [6.07, 6.45) is 0.0544. The Kier molecular flexibility index (Phi) is 22.9. The van der Waals surface area contributed by atoms with E-state index in [0.29, 0.717) is 94.7 Å². The number of halogens is 3. The lowest BCUT2D eigenvalue weighted by atomic mass is 10.1. The van der Waals surface area contributed by atoms with Gasteiger partial charge in [-0.25, -0.2) is 33.0 Å². The average Bonchev–Trinajstić information content (AvgIpc) is 3.17. The Morgan fingerprint density at radius 3 is 1.58 bits per heavy atom. The number of sulfone groups is 1. The molecule has 23 heteroatoms. The molecule has 0 atom stereocenters. The van der Waals surface area contributed by atoms with Gasteiger partial charge in [-0.15, -0.1) is 0 Å². The largest absolute Gasteiger partial charge is 0.444 e. The number of nitrogens with one attached hydrogen (secondary N) is 1. The number of aliphatic hydroxyl groups is 1. The summed E-state index contributed by atoms with van der Waals surface area (Å²) in [6.45, 7) is 30.7. The predicted octanol–water partition coefficient (Wildman–Crippen LogP) is 5.68. The van der Waals surface area contributed by atoms with Gasteiger partial charge in [0, 0.05) is 69.7 Å². The van der Waals surface area contributed by atoms with Crippen molar-refractivity contribution in [2.45, 2.75) is 117 Å². The number of hydrogen-bond acceptors (Lipinski definition) is 17. The molecule has 4 aliphatic heterocycles. The highest BCUT2D eigenvalue weighted by atomic mass is 35.5. The van der Waals surface area contributed by atoms with Crippen molar-refractivity contribution < 1.29 is 47.8 Å². The van der Waals surface area contributed by atoms with E-state index < -0.39 is 28.2 Å². The number of hydrogen-bond donors (Lipinski definition) is 2. The van der Waals surface area contributed by atoms with Crippen LogP contribution in [0.1, 0.15) is 77.5 Å². The molecule has 0 unspecified atom stereocenters. The van der Waals surface area contributed by atoms with E-state index in [9.17, 15) is 22.4 Å². The number of aromatic nitrogens is 4. The maximum Gasteiger partial charge on any atom is 0.410 e. The number of β-amino-alcohol motifs (C(OH)–C–C–N with tert-alkyl or cyclic N) is 1. The molecule has 0 bridgehead atoms. The van der Waals surface area contributed by atoms with Gasteiger partial charge in [0.05, 0.1) is 60.2 Å². The highest BCUT2D eigenvalue weighted by molar-refractivity contribution is 7.90. The first-order valence-corrected chi connectivity index (χ1v) is 24.3. The van der Waals surface area contributed by atoms with E-state index in [1.807, 2.05) is 46.4 Å². The van der Waals surface area contributed by atoms with Crippen LogP contribution in [0.15, 0.2) is 17.3 Å². The number of aliphatic hydroxyl groups excluding tert-OH is 1. The first-order valence-electron chi connectivity index (χ1n) is 22.3. The predicted molar refractivity (Wildman–Crippen MR) is 252 cm³/mol. The summed E-state index contributed by atoms with van der Waals surface area (Å²) >= 11 is 11.9. The van der Waals surface area contributed by atoms with Gasteiger partial charge in [0.25, 0.3) is 0 Å². The fourth-order valence-corrected chi connectivity index (χ4v) is 7.34. The lowest BCUT2D eigenvalue weighted by Crippen LogP contribution is -2.58. The molecule has 0 aromatic carbocycles. The summed E-state index contributed by atoms with van der Waals surface area (Å²) in [7, 11) is -4.45. The van der Waals surface area contributed by atoms with E-state index in [0.717, 1.165) is 31.7 Å². The highest BCUT2D eigenvalue weighted by Gasteiger charge is 2.35. The van der Waals surface area contributed by atoms with Gasteiger partial charge in [0.15, 0.2) is 0 Å². The molecule has 0 aliphatic carbocycles. The first kappa shape index (κ1) is 55.7. The van der Waals surface area contributed by atoms with E-state index in [-0.39, 0.29) is 34.6 Å². The van der Waals surface area contributed by atoms with Gasteiger partial charge in [-0.3, -0.25) is 9.29 Å². The molecule has 2 aromatic heterocycles. The number of morpholine rings is 2. The first-order chi connectivity index (χ1) is 30.7. The van der Waals surface area contributed by atoms with Crippen LogP contribution in [-0.4, -0.2) is 195 Å². The fourth-order valence-electron chi connectivity index (χ4n) is 6.42. The minimum Gasteiger partial charge on any atom is -0.444 e. The lowest BCUT2D eigenvalue weighted by molar-refractivity contribution is -0.0303. The molecule has 4 aliphatic rings. The molecule has 6 heterocycles. The number of ether oxygens (including phenoxy) is 4. The van der Waals surface area contributed by atoms with Crippen LogP contribution in [0.2, 0.25) is 10.3 Å². The van der Waals surface area contributed by atoms with E-state index in [4.69, 9.17) is 48.6 Å². The van der Waals surface area contributed by atoms with Crippen molar-refractivity contribution in [1.29, 1.82) is 0 Å². The second-order valence-electron chi connectivity index (χ2n) is 18.0. The van der Waals surface area contributed by atoms with Gasteiger partial charge in [0.2, 0.25) is 20.9 Å². The average molecular weight is 985 g/mol. The maximum absolute atomic E-state index is 12.0. The summed E-state index contributed by atoms with van der Waals surface area (Å²) in [5.41, 5.74) is -0.934. The van der Waals surface area contributed by atoms with Crippen molar-refractivity contribution in [2.75, 3.05) is 114 Å². The van der Waals surface area contributed by atoms with Crippen molar-refractivity contribution in [3.8, 4) is 0 Å². The monoisotopic (exact) mass is 983 g/mol. The standard InChI is InChI=1S/C16H24ClN5O3.C9H12ClN3O3S.C8H15NO3.C8H19N.CH3F/c1-16(2,3)25-15(23)22-9-11(10-22)18-14-19-12(17)8-13(20-14)21-4-6-24-7-5-21;1-17(14,15)9-11-7(10)6-8(12-9)13-2-4-16-5-3-13;1-8(2,3)12-7(11)9-4-6(10)5-9;1-6-9(7(2)3)8(4)5;1-2/h8,11H,4-7,9-10H2,1-3H3,(H,18,19,20);6H,2-5H2,1H3;6,10H,4-5H2,1-3H3;7-8H,6H2,1-5H3;1H3/i;;;;1D. The molecule has 4 saturated heterocycles. The molecule has 2 N–H and O–H groups in total. The zero-order valence-electron chi connectivity index (χ0n) is 41.1. The molecule has 0 saturated carbocycles. The Bertz CT molecular complexity index is 1890. The molecule has 2 aromatic rings. The van der Waals surface area contributed by atoms with Gasteiger partial charge in [0.1, 0.15) is 33.1 Å². The van der Waals surface area contributed by atoms with Gasteiger partial charge in [-0.05, 0) is 75.8 Å². The van der Waals surface area contributed by atoms with Crippen LogP contribution in [0.5, 0.6) is 0 Å². The van der Waals surface area contributed by atoms with Crippen molar-refractivity contribution in [2.24, 2.45) is 0 Å². The zero-order chi connectivity index (χ0) is 50.0. The van der Waals surface area contributed by atoms with Crippen LogP contribution in [0.25, 0.3) is 0 Å². The Balaban J connectivity index is 0.000000317. The molecule has 6 rings (SSSR count). The Labute approximate surface area is 396 Å². The van der Waals surface area contributed by atoms with Crippen LogP contribution < -0.4 is 15.1 Å². The van der Waals surface area contributed by atoms with E-state index in [1.165, 1.54) is 4.90 Å². The molecular weight excluding hydrogens is 910 g/mol. The number of nitrogens with zero attached hydrogens (tertiary/aromatic N) is 9. The molecule has 372 valence electrons. The summed E-state index contributed by atoms with van der Waals surface area (Å²) < 4.78 is 59.3. The molecule has 0 spiro atoms. The molecule has 65 heavy (non-hydrogen) atoms. The fraction of sp³-hybridized carbons (Fsp3) is 0.762. The van der Waals surface area contributed by atoms with Gasteiger partial charge in [-0.2, -0.15) is 4.98 Å². The van der Waals surface area contributed by atoms with E-state index >= 15 is 0 Å². The van der Waals surface area contributed by atoms with E-state index in [1.54, 1.807) is 17.0 Å². The number of anilines is 3. The number of carbonyl (C=O) groups is 2. The molecule has 2 amide bonds. The Morgan fingerprint density at radius 2 is 1.23 bits per heavy atom.